The van der Waals surface area contributed by atoms with Gasteiger partial charge in [-0.3, -0.25) is 4.79 Å². The number of hydrogen-bond acceptors (Lipinski definition) is 7. The van der Waals surface area contributed by atoms with Crippen molar-refractivity contribution < 1.29 is 18.8 Å². The summed E-state index contributed by atoms with van der Waals surface area (Å²) >= 11 is 0. The zero-order chi connectivity index (χ0) is 24.2. The second-order valence-corrected chi connectivity index (χ2v) is 8.89. The SMILES string of the molecule is COc1ccc(C=CC(=O)N2CCN(c3ccc(-c4noc(C5CCC5)n4)cc3)CC2)cc1OC. The molecule has 2 aliphatic rings. The zero-order valence-electron chi connectivity index (χ0n) is 20.1. The molecule has 2 fully saturated rings. The van der Waals surface area contributed by atoms with Crippen molar-refractivity contribution in [3.05, 3.63) is 60.0 Å². The summed E-state index contributed by atoms with van der Waals surface area (Å²) < 4.78 is 16.0. The fraction of sp³-hybridized carbons (Fsp3) is 0.370. The molecule has 1 aromatic heterocycles. The van der Waals surface area contributed by atoms with Crippen molar-refractivity contribution in [2.75, 3.05) is 45.3 Å². The predicted molar refractivity (Wildman–Crippen MR) is 134 cm³/mol. The lowest BCUT2D eigenvalue weighted by Crippen LogP contribution is -2.48. The minimum absolute atomic E-state index is 0.00848. The van der Waals surface area contributed by atoms with Crippen molar-refractivity contribution in [2.24, 2.45) is 0 Å². The molecule has 0 unspecified atom stereocenters. The van der Waals surface area contributed by atoms with Gasteiger partial charge >= 0.3 is 0 Å². The molecule has 5 rings (SSSR count). The van der Waals surface area contributed by atoms with Gasteiger partial charge in [-0.15, -0.1) is 0 Å². The summed E-state index contributed by atoms with van der Waals surface area (Å²) in [5.74, 6) is 3.15. The van der Waals surface area contributed by atoms with Gasteiger partial charge in [0.05, 0.1) is 14.2 Å². The fourth-order valence-electron chi connectivity index (χ4n) is 4.41. The number of carbonyl (C=O) groups excluding carboxylic acids is 1. The number of aromatic nitrogens is 2. The Morgan fingerprint density at radius 2 is 1.74 bits per heavy atom. The lowest BCUT2D eigenvalue weighted by Gasteiger charge is -2.35. The Morgan fingerprint density at radius 1 is 1.00 bits per heavy atom. The molecule has 0 bridgehead atoms. The summed E-state index contributed by atoms with van der Waals surface area (Å²) in [5, 5.41) is 4.15. The van der Waals surface area contributed by atoms with Crippen molar-refractivity contribution in [1.29, 1.82) is 0 Å². The number of carbonyl (C=O) groups is 1. The van der Waals surface area contributed by atoms with E-state index in [1.807, 2.05) is 41.3 Å². The maximum absolute atomic E-state index is 12.7. The van der Waals surface area contributed by atoms with Crippen LogP contribution in [0.25, 0.3) is 17.5 Å². The van der Waals surface area contributed by atoms with Gasteiger partial charge in [0, 0.05) is 49.4 Å². The molecular formula is C27H30N4O4. The highest BCUT2D eigenvalue weighted by Gasteiger charge is 2.26. The monoisotopic (exact) mass is 474 g/mol. The first-order chi connectivity index (χ1) is 17.1. The maximum Gasteiger partial charge on any atom is 0.246 e. The quantitative estimate of drug-likeness (QED) is 0.470. The molecule has 0 N–H and O–H groups in total. The van der Waals surface area contributed by atoms with Crippen LogP contribution in [-0.4, -0.2) is 61.3 Å². The number of nitrogens with zero attached hydrogens (tertiary/aromatic N) is 4. The number of hydrogen-bond donors (Lipinski definition) is 0. The van der Waals surface area contributed by atoms with E-state index >= 15 is 0 Å². The van der Waals surface area contributed by atoms with Crippen LogP contribution < -0.4 is 14.4 Å². The number of amides is 1. The van der Waals surface area contributed by atoms with Crippen LogP contribution in [0.3, 0.4) is 0 Å². The summed E-state index contributed by atoms with van der Waals surface area (Å²) in [6.07, 6.45) is 6.95. The van der Waals surface area contributed by atoms with Gasteiger partial charge in [-0.2, -0.15) is 4.98 Å². The van der Waals surface area contributed by atoms with E-state index in [4.69, 9.17) is 14.0 Å². The third-order valence-corrected chi connectivity index (χ3v) is 6.80. The highest BCUT2D eigenvalue weighted by Crippen LogP contribution is 2.36. The van der Waals surface area contributed by atoms with Crippen molar-refractivity contribution in [1.82, 2.24) is 15.0 Å². The van der Waals surface area contributed by atoms with Gasteiger partial charge in [0.1, 0.15) is 0 Å². The van der Waals surface area contributed by atoms with Crippen LogP contribution in [0.5, 0.6) is 11.5 Å². The summed E-state index contributed by atoms with van der Waals surface area (Å²) in [6.45, 7) is 2.91. The zero-order valence-corrected chi connectivity index (χ0v) is 20.1. The molecule has 2 aromatic carbocycles. The third kappa shape index (κ3) is 5.01. The highest BCUT2D eigenvalue weighted by atomic mass is 16.5. The Bertz CT molecular complexity index is 1190. The number of ether oxygens (including phenoxy) is 2. The molecule has 8 heteroatoms. The van der Waals surface area contributed by atoms with Gasteiger partial charge in [0.15, 0.2) is 11.5 Å². The van der Waals surface area contributed by atoms with Crippen LogP contribution in [0.2, 0.25) is 0 Å². The molecule has 1 saturated heterocycles. The lowest BCUT2D eigenvalue weighted by molar-refractivity contribution is -0.126. The summed E-state index contributed by atoms with van der Waals surface area (Å²) in [6, 6.07) is 13.8. The first-order valence-corrected chi connectivity index (χ1v) is 12.0. The largest absolute Gasteiger partial charge is 0.493 e. The van der Waals surface area contributed by atoms with E-state index in [1.165, 1.54) is 6.42 Å². The van der Waals surface area contributed by atoms with E-state index < -0.39 is 0 Å². The number of benzene rings is 2. The van der Waals surface area contributed by atoms with E-state index in [0.717, 1.165) is 48.6 Å². The topological polar surface area (TPSA) is 80.9 Å². The average Bonchev–Trinajstić information content (AvgIpc) is 3.35. The van der Waals surface area contributed by atoms with E-state index in [1.54, 1.807) is 20.3 Å². The van der Waals surface area contributed by atoms with E-state index in [2.05, 4.69) is 27.2 Å². The van der Waals surface area contributed by atoms with Gasteiger partial charge < -0.3 is 23.8 Å². The van der Waals surface area contributed by atoms with Crippen molar-refractivity contribution in [2.45, 2.75) is 25.2 Å². The normalized spacial score (nSPS) is 16.4. The molecule has 3 aromatic rings. The van der Waals surface area contributed by atoms with Crippen molar-refractivity contribution in [3.8, 4) is 22.9 Å². The molecule has 8 nitrogen and oxygen atoms in total. The Kier molecular flexibility index (Phi) is 6.70. The first-order valence-electron chi connectivity index (χ1n) is 12.0. The Hall–Kier alpha value is -3.81. The first kappa shape index (κ1) is 23.0. The van der Waals surface area contributed by atoms with E-state index in [0.29, 0.717) is 36.3 Å². The van der Waals surface area contributed by atoms with Gasteiger partial charge in [-0.25, -0.2) is 0 Å². The second-order valence-electron chi connectivity index (χ2n) is 8.89. The molecule has 0 radical (unpaired) electrons. The minimum Gasteiger partial charge on any atom is -0.493 e. The Labute approximate surface area is 205 Å². The van der Waals surface area contributed by atoms with Crippen molar-refractivity contribution in [3.63, 3.8) is 0 Å². The molecule has 0 atom stereocenters. The van der Waals surface area contributed by atoms with Crippen LogP contribution in [0.4, 0.5) is 5.69 Å². The van der Waals surface area contributed by atoms with Crippen LogP contribution >= 0.6 is 0 Å². The molecule has 35 heavy (non-hydrogen) atoms. The van der Waals surface area contributed by atoms with Gasteiger partial charge in [0.2, 0.25) is 17.6 Å². The molecule has 1 amide bonds. The van der Waals surface area contributed by atoms with Gasteiger partial charge in [-0.1, -0.05) is 17.6 Å². The molecule has 1 aliphatic carbocycles. The summed E-state index contributed by atoms with van der Waals surface area (Å²) in [5.41, 5.74) is 2.97. The molecular weight excluding hydrogens is 444 g/mol. The van der Waals surface area contributed by atoms with Crippen molar-refractivity contribution >= 4 is 17.7 Å². The summed E-state index contributed by atoms with van der Waals surface area (Å²) in [4.78, 5) is 21.5. The molecule has 1 aliphatic heterocycles. The Balaban J connectivity index is 1.15. The molecule has 182 valence electrons. The smallest absolute Gasteiger partial charge is 0.246 e. The number of rotatable bonds is 7. The minimum atomic E-state index is 0.00848. The highest BCUT2D eigenvalue weighted by molar-refractivity contribution is 5.92. The molecule has 0 spiro atoms. The van der Waals surface area contributed by atoms with Gasteiger partial charge in [-0.05, 0) is 60.9 Å². The third-order valence-electron chi connectivity index (χ3n) is 6.80. The fourth-order valence-corrected chi connectivity index (χ4v) is 4.41. The number of anilines is 1. The van der Waals surface area contributed by atoms with Gasteiger partial charge in [0.25, 0.3) is 0 Å². The average molecular weight is 475 g/mol. The maximum atomic E-state index is 12.7. The Morgan fingerprint density at radius 3 is 2.40 bits per heavy atom. The number of methoxy groups -OCH3 is 2. The van der Waals surface area contributed by atoms with Crippen LogP contribution in [0.1, 0.15) is 36.6 Å². The molecule has 1 saturated carbocycles. The van der Waals surface area contributed by atoms with Crippen LogP contribution in [0, 0.1) is 0 Å². The number of piperazine rings is 1. The summed E-state index contributed by atoms with van der Waals surface area (Å²) in [7, 11) is 3.20. The standard InChI is InChI=1S/C27H30N4O4/c1-33-23-12-6-19(18-24(23)34-2)7-13-25(32)31-16-14-30(15-17-31)22-10-8-20(9-11-22)26-28-27(35-29-26)21-4-3-5-21/h6-13,18,21H,3-5,14-17H2,1-2H3. The second kappa shape index (κ2) is 10.2. The van der Waals surface area contributed by atoms with Crippen LogP contribution in [-0.2, 0) is 4.79 Å². The lowest BCUT2D eigenvalue weighted by atomic mass is 9.85. The van der Waals surface area contributed by atoms with E-state index in [-0.39, 0.29) is 5.91 Å². The predicted octanol–water partition coefficient (Wildman–Crippen LogP) is 4.38. The van der Waals surface area contributed by atoms with Crippen LogP contribution in [0.15, 0.2) is 53.1 Å². The molecule has 2 heterocycles. The van der Waals surface area contributed by atoms with E-state index in [9.17, 15) is 4.79 Å².